The fraction of sp³-hybridized carbons (Fsp3) is 0.133. The largest absolute Gasteiger partial charge is 0.495 e. The van der Waals surface area contributed by atoms with Crippen molar-refractivity contribution in [2.45, 2.75) is 6.92 Å². The Labute approximate surface area is 126 Å². The summed E-state index contributed by atoms with van der Waals surface area (Å²) in [6, 6.07) is 8.91. The molecule has 2 amide bonds. The van der Waals surface area contributed by atoms with E-state index in [4.69, 9.17) is 16.3 Å². The van der Waals surface area contributed by atoms with Gasteiger partial charge < -0.3 is 15.4 Å². The molecule has 2 aromatic rings. The van der Waals surface area contributed by atoms with Gasteiger partial charge in [-0.2, -0.15) is 0 Å². The van der Waals surface area contributed by atoms with Crippen LogP contribution in [0.25, 0.3) is 0 Å². The molecule has 2 aromatic carbocycles. The number of ether oxygens (including phenoxy) is 1. The minimum atomic E-state index is -0.539. The number of benzene rings is 2. The van der Waals surface area contributed by atoms with Gasteiger partial charge in [-0.1, -0.05) is 17.7 Å². The van der Waals surface area contributed by atoms with Gasteiger partial charge in [-0.05, 0) is 42.8 Å². The van der Waals surface area contributed by atoms with Gasteiger partial charge in [-0.3, -0.25) is 0 Å². The molecule has 110 valence electrons. The zero-order chi connectivity index (χ0) is 15.4. The number of amides is 2. The Morgan fingerprint density at radius 3 is 2.62 bits per heavy atom. The molecule has 0 unspecified atom stereocenters. The van der Waals surface area contributed by atoms with Crippen LogP contribution in [0.2, 0.25) is 5.02 Å². The Kier molecular flexibility index (Phi) is 4.65. The van der Waals surface area contributed by atoms with E-state index in [1.807, 2.05) is 13.0 Å². The summed E-state index contributed by atoms with van der Waals surface area (Å²) in [5, 5.41) is 5.19. The van der Waals surface area contributed by atoms with E-state index in [0.29, 0.717) is 17.1 Å². The molecule has 0 fully saturated rings. The van der Waals surface area contributed by atoms with Crippen LogP contribution in [-0.2, 0) is 0 Å². The molecule has 0 saturated heterocycles. The van der Waals surface area contributed by atoms with Gasteiger partial charge in [0.25, 0.3) is 0 Å². The number of aryl methyl sites for hydroxylation is 1. The monoisotopic (exact) mass is 308 g/mol. The van der Waals surface area contributed by atoms with Gasteiger partial charge in [0.1, 0.15) is 11.6 Å². The third-order valence-electron chi connectivity index (χ3n) is 2.78. The quantitative estimate of drug-likeness (QED) is 0.880. The van der Waals surface area contributed by atoms with Crippen molar-refractivity contribution in [1.82, 2.24) is 0 Å². The summed E-state index contributed by atoms with van der Waals surface area (Å²) in [5.74, 6) is 0.0101. The zero-order valence-corrected chi connectivity index (χ0v) is 12.3. The van der Waals surface area contributed by atoms with Crippen LogP contribution in [0, 0.1) is 12.7 Å². The molecule has 0 aromatic heterocycles. The Morgan fingerprint density at radius 1 is 1.19 bits per heavy atom. The van der Waals surface area contributed by atoms with Crippen molar-refractivity contribution in [2.75, 3.05) is 17.7 Å². The summed E-state index contributed by atoms with van der Waals surface area (Å²) in [6.45, 7) is 1.91. The second-order valence-electron chi connectivity index (χ2n) is 4.41. The lowest BCUT2D eigenvalue weighted by molar-refractivity contribution is 0.262. The maximum atomic E-state index is 13.0. The number of urea groups is 1. The SMILES string of the molecule is COc1ccc(C)cc1NC(=O)Nc1ccc(F)c(Cl)c1. The molecule has 0 aliphatic carbocycles. The number of rotatable bonds is 3. The predicted octanol–water partition coefficient (Wildman–Crippen LogP) is 4.44. The smallest absolute Gasteiger partial charge is 0.323 e. The fourth-order valence-electron chi connectivity index (χ4n) is 1.78. The van der Waals surface area contributed by atoms with E-state index >= 15 is 0 Å². The molecule has 2 rings (SSSR count). The fourth-order valence-corrected chi connectivity index (χ4v) is 1.96. The highest BCUT2D eigenvalue weighted by Crippen LogP contribution is 2.25. The summed E-state index contributed by atoms with van der Waals surface area (Å²) < 4.78 is 18.2. The predicted molar refractivity (Wildman–Crippen MR) is 81.8 cm³/mol. The van der Waals surface area contributed by atoms with Crippen LogP contribution in [0.15, 0.2) is 36.4 Å². The maximum Gasteiger partial charge on any atom is 0.323 e. The number of anilines is 2. The Bertz CT molecular complexity index is 677. The molecule has 2 N–H and O–H groups in total. The van der Waals surface area contributed by atoms with Gasteiger partial charge in [0.15, 0.2) is 0 Å². The highest BCUT2D eigenvalue weighted by molar-refractivity contribution is 6.31. The van der Waals surface area contributed by atoms with E-state index in [1.54, 1.807) is 12.1 Å². The number of carbonyl (C=O) groups excluding carboxylic acids is 1. The van der Waals surface area contributed by atoms with Crippen LogP contribution < -0.4 is 15.4 Å². The molecule has 0 bridgehead atoms. The molecule has 0 aliphatic rings. The summed E-state index contributed by atoms with van der Waals surface area (Å²) in [6.07, 6.45) is 0. The lowest BCUT2D eigenvalue weighted by atomic mass is 10.2. The number of halogens is 2. The third kappa shape index (κ3) is 3.86. The topological polar surface area (TPSA) is 50.4 Å². The van der Waals surface area contributed by atoms with E-state index in [9.17, 15) is 9.18 Å². The molecule has 6 heteroatoms. The standard InChI is InChI=1S/C15H14ClFN2O2/c1-9-3-6-14(21-2)13(7-9)19-15(20)18-10-4-5-12(17)11(16)8-10/h3-8H,1-2H3,(H2,18,19,20). The van der Waals surface area contributed by atoms with Gasteiger partial charge in [0, 0.05) is 5.69 Å². The number of hydrogen-bond acceptors (Lipinski definition) is 2. The van der Waals surface area contributed by atoms with Gasteiger partial charge in [-0.15, -0.1) is 0 Å². The van der Waals surface area contributed by atoms with Crippen LogP contribution >= 0.6 is 11.6 Å². The second-order valence-corrected chi connectivity index (χ2v) is 4.82. The van der Waals surface area contributed by atoms with Crippen LogP contribution in [0.1, 0.15) is 5.56 Å². The normalized spacial score (nSPS) is 10.1. The van der Waals surface area contributed by atoms with Crippen molar-refractivity contribution >= 4 is 29.0 Å². The second kappa shape index (κ2) is 6.45. The van der Waals surface area contributed by atoms with E-state index in [1.165, 1.54) is 25.3 Å². The average molecular weight is 309 g/mol. The molecule has 0 spiro atoms. The van der Waals surface area contributed by atoms with Crippen LogP contribution in [0.3, 0.4) is 0 Å². The van der Waals surface area contributed by atoms with Gasteiger partial charge in [0.05, 0.1) is 17.8 Å². The lowest BCUT2D eigenvalue weighted by Crippen LogP contribution is -2.19. The molecular weight excluding hydrogens is 295 g/mol. The van der Waals surface area contributed by atoms with Gasteiger partial charge >= 0.3 is 6.03 Å². The Hall–Kier alpha value is -2.27. The molecule has 4 nitrogen and oxygen atoms in total. The third-order valence-corrected chi connectivity index (χ3v) is 3.07. The highest BCUT2D eigenvalue weighted by Gasteiger charge is 2.09. The minimum absolute atomic E-state index is 0.0547. The van der Waals surface area contributed by atoms with E-state index < -0.39 is 11.8 Å². The molecule has 0 atom stereocenters. The minimum Gasteiger partial charge on any atom is -0.495 e. The van der Waals surface area contributed by atoms with Crippen molar-refractivity contribution in [3.05, 3.63) is 52.8 Å². The van der Waals surface area contributed by atoms with Gasteiger partial charge in [-0.25, -0.2) is 9.18 Å². The number of methoxy groups -OCH3 is 1. The number of carbonyl (C=O) groups is 1. The van der Waals surface area contributed by atoms with E-state index in [-0.39, 0.29) is 5.02 Å². The molecule has 0 aliphatic heterocycles. The number of hydrogen-bond donors (Lipinski definition) is 2. The van der Waals surface area contributed by atoms with Crippen LogP contribution in [-0.4, -0.2) is 13.1 Å². The van der Waals surface area contributed by atoms with Crippen molar-refractivity contribution in [3.8, 4) is 5.75 Å². The molecule has 21 heavy (non-hydrogen) atoms. The summed E-state index contributed by atoms with van der Waals surface area (Å²) in [4.78, 5) is 11.9. The summed E-state index contributed by atoms with van der Waals surface area (Å²) >= 11 is 5.66. The Morgan fingerprint density at radius 2 is 1.95 bits per heavy atom. The first kappa shape index (κ1) is 15.1. The molecule has 0 saturated carbocycles. The van der Waals surface area contributed by atoms with Gasteiger partial charge in [0.2, 0.25) is 0 Å². The van der Waals surface area contributed by atoms with E-state index in [0.717, 1.165) is 5.56 Å². The highest BCUT2D eigenvalue weighted by atomic mass is 35.5. The first-order valence-corrected chi connectivity index (χ1v) is 6.55. The first-order valence-electron chi connectivity index (χ1n) is 6.17. The number of nitrogens with one attached hydrogen (secondary N) is 2. The van der Waals surface area contributed by atoms with Crippen molar-refractivity contribution in [1.29, 1.82) is 0 Å². The van der Waals surface area contributed by atoms with Crippen molar-refractivity contribution in [3.63, 3.8) is 0 Å². The summed E-state index contributed by atoms with van der Waals surface area (Å²) in [5.41, 5.74) is 1.92. The summed E-state index contributed by atoms with van der Waals surface area (Å²) in [7, 11) is 1.52. The molecular formula is C15H14ClFN2O2. The first-order chi connectivity index (χ1) is 9.99. The van der Waals surface area contributed by atoms with Crippen LogP contribution in [0.4, 0.5) is 20.6 Å². The zero-order valence-electron chi connectivity index (χ0n) is 11.5. The Balaban J connectivity index is 2.11. The lowest BCUT2D eigenvalue weighted by Gasteiger charge is -2.12. The maximum absolute atomic E-state index is 13.0. The van der Waals surface area contributed by atoms with Crippen LogP contribution in [0.5, 0.6) is 5.75 Å². The van der Waals surface area contributed by atoms with E-state index in [2.05, 4.69) is 10.6 Å². The average Bonchev–Trinajstić information content (AvgIpc) is 2.43. The van der Waals surface area contributed by atoms with Crippen molar-refractivity contribution < 1.29 is 13.9 Å². The van der Waals surface area contributed by atoms with Crippen molar-refractivity contribution in [2.24, 2.45) is 0 Å². The molecule has 0 radical (unpaired) electrons. The molecule has 0 heterocycles.